The third-order valence-electron chi connectivity index (χ3n) is 16.5. The van der Waals surface area contributed by atoms with Crippen molar-refractivity contribution in [2.45, 2.75) is 317 Å². The summed E-state index contributed by atoms with van der Waals surface area (Å²) in [5.74, 6) is -0.359. The molecule has 3 saturated heterocycles. The summed E-state index contributed by atoms with van der Waals surface area (Å²) < 4.78 is 34.3. The lowest BCUT2D eigenvalue weighted by Crippen LogP contribution is -2.66. The monoisotopic (exact) mass is 1250 g/mol. The summed E-state index contributed by atoms with van der Waals surface area (Å²) in [7, 11) is 0. The molecule has 0 saturated carbocycles. The maximum atomic E-state index is 13.3. The van der Waals surface area contributed by atoms with Crippen molar-refractivity contribution in [3.63, 3.8) is 0 Å². The Labute approximate surface area is 527 Å². The summed E-state index contributed by atoms with van der Waals surface area (Å²) in [5.41, 5.74) is 0. The van der Waals surface area contributed by atoms with Crippen LogP contribution in [-0.4, -0.2) is 193 Å². The normalized spacial score (nSPS) is 28.9. The van der Waals surface area contributed by atoms with Crippen LogP contribution in [0.1, 0.15) is 213 Å². The maximum Gasteiger partial charge on any atom is 0.220 e. The first-order valence-corrected chi connectivity index (χ1v) is 33.8. The molecule has 0 aliphatic carbocycles. The molecule has 0 aromatic rings. The Bertz CT molecular complexity index is 1930. The van der Waals surface area contributed by atoms with Crippen LogP contribution >= 0.6 is 0 Å². The number of aliphatic hydroxyl groups excluding tert-OH is 11. The van der Waals surface area contributed by atoms with E-state index >= 15 is 0 Å². The van der Waals surface area contributed by atoms with Gasteiger partial charge in [-0.3, -0.25) is 4.79 Å². The molecule has 3 heterocycles. The van der Waals surface area contributed by atoms with E-state index in [1.54, 1.807) is 6.08 Å². The number of aliphatic hydroxyl groups is 11. The Morgan fingerprint density at radius 1 is 0.420 bits per heavy atom. The molecular formula is C69H119NO18. The van der Waals surface area contributed by atoms with E-state index in [2.05, 4.69) is 79.9 Å². The van der Waals surface area contributed by atoms with Crippen molar-refractivity contribution in [3.8, 4) is 0 Å². The average Bonchev–Trinajstić information content (AvgIpc) is 3.71. The molecule has 3 rings (SSSR count). The molecule has 0 radical (unpaired) electrons. The van der Waals surface area contributed by atoms with Gasteiger partial charge in [-0.1, -0.05) is 234 Å². The van der Waals surface area contributed by atoms with Gasteiger partial charge in [-0.15, -0.1) is 0 Å². The number of nitrogens with one attached hydrogen (secondary N) is 1. The van der Waals surface area contributed by atoms with E-state index in [-0.39, 0.29) is 18.9 Å². The quantitative estimate of drug-likeness (QED) is 0.0201. The van der Waals surface area contributed by atoms with Gasteiger partial charge in [0.05, 0.1) is 38.6 Å². The van der Waals surface area contributed by atoms with Crippen molar-refractivity contribution in [2.24, 2.45) is 0 Å². The van der Waals surface area contributed by atoms with Gasteiger partial charge in [0.1, 0.15) is 73.2 Å². The number of carbonyl (C=O) groups excluding carboxylic acids is 1. The number of rotatable bonds is 50. The minimum atomic E-state index is -1.99. The van der Waals surface area contributed by atoms with Gasteiger partial charge in [0, 0.05) is 6.42 Å². The van der Waals surface area contributed by atoms with Crippen LogP contribution in [0.15, 0.2) is 85.1 Å². The van der Waals surface area contributed by atoms with E-state index in [1.165, 1.54) is 122 Å². The van der Waals surface area contributed by atoms with Crippen molar-refractivity contribution >= 4 is 5.91 Å². The highest BCUT2D eigenvalue weighted by Gasteiger charge is 2.53. The number of hydrogen-bond donors (Lipinski definition) is 12. The second-order valence-corrected chi connectivity index (χ2v) is 23.9. The standard InChI is InChI=1S/C69H119NO18/c1-3-5-7-9-11-13-15-17-19-21-23-24-25-26-27-29-30-32-34-36-38-40-42-44-46-53(74)52(70-57(75)47-45-43-41-39-37-35-33-31-28-22-20-18-16-14-12-10-8-6-4-2)51-83-67-63(81)60(78)65(55(49-72)85-67)88-69-64(82)61(79)66(56(50-73)86-69)87-68-62(80)59(77)58(76)54(48-71)84-68/h6,8,12,14,18,20,28,31,35,37,41,43-44,46,52-56,58-69,71-74,76-82H,3-5,7,9-11,13,15-17,19,21-27,29-30,32-34,36,38-40,42,45,47-51H2,1-2H3,(H,70,75)/b8-6-,14-12-,20-18-,31-28-,37-35-,43-41-,46-44+. The first-order chi connectivity index (χ1) is 42.8. The summed E-state index contributed by atoms with van der Waals surface area (Å²) in [6, 6.07) is -1.02. The molecule has 3 aliphatic heterocycles. The molecule has 88 heavy (non-hydrogen) atoms. The van der Waals surface area contributed by atoms with Gasteiger partial charge in [-0.25, -0.2) is 0 Å². The zero-order valence-electron chi connectivity index (χ0n) is 53.4. The fraction of sp³-hybridized carbons (Fsp3) is 0.783. The first-order valence-electron chi connectivity index (χ1n) is 33.8. The molecule has 12 N–H and O–H groups in total. The molecule has 19 heteroatoms. The van der Waals surface area contributed by atoms with Crippen LogP contribution in [0.5, 0.6) is 0 Å². The van der Waals surface area contributed by atoms with Crippen molar-refractivity contribution in [2.75, 3.05) is 26.4 Å². The van der Waals surface area contributed by atoms with Crippen molar-refractivity contribution in [3.05, 3.63) is 85.1 Å². The van der Waals surface area contributed by atoms with Crippen LogP contribution in [-0.2, 0) is 33.2 Å². The Hall–Kier alpha value is -3.03. The van der Waals surface area contributed by atoms with E-state index in [0.29, 0.717) is 12.8 Å². The zero-order chi connectivity index (χ0) is 64.0. The second-order valence-electron chi connectivity index (χ2n) is 23.9. The highest BCUT2D eigenvalue weighted by Crippen LogP contribution is 2.33. The molecule has 17 atom stereocenters. The fourth-order valence-electron chi connectivity index (χ4n) is 11.0. The van der Waals surface area contributed by atoms with Gasteiger partial charge in [0.2, 0.25) is 5.91 Å². The van der Waals surface area contributed by atoms with Gasteiger partial charge >= 0.3 is 0 Å². The number of ether oxygens (including phenoxy) is 6. The fourth-order valence-corrected chi connectivity index (χ4v) is 11.0. The summed E-state index contributed by atoms with van der Waals surface area (Å²) in [6.45, 7) is 1.56. The zero-order valence-corrected chi connectivity index (χ0v) is 53.4. The Morgan fingerprint density at radius 3 is 1.20 bits per heavy atom. The van der Waals surface area contributed by atoms with Gasteiger partial charge in [-0.2, -0.15) is 0 Å². The SMILES string of the molecule is CC/C=C\C/C=C\C/C=C\C/C=C\C/C=C\C/C=C\CCC(=O)NC(COC1OC(CO)C(OC2OC(CO)C(OC3OC(CO)C(O)C(O)C3O)C(O)C2O)C(O)C1O)C(O)/C=C/CCCCCCCCCCCCCCCCCCCCCCCC. The molecule has 3 fully saturated rings. The van der Waals surface area contributed by atoms with Gasteiger partial charge in [0.15, 0.2) is 18.9 Å². The molecular weight excluding hydrogens is 1130 g/mol. The molecule has 0 aromatic carbocycles. The number of allylic oxidation sites excluding steroid dienone is 13. The largest absolute Gasteiger partial charge is 0.394 e. The van der Waals surface area contributed by atoms with Crippen LogP contribution in [0.4, 0.5) is 0 Å². The van der Waals surface area contributed by atoms with E-state index in [0.717, 1.165) is 57.8 Å². The summed E-state index contributed by atoms with van der Waals surface area (Å²) >= 11 is 0. The minimum Gasteiger partial charge on any atom is -0.394 e. The molecule has 19 nitrogen and oxygen atoms in total. The topological polar surface area (TPSA) is 307 Å². The molecule has 17 unspecified atom stereocenters. The Morgan fingerprint density at radius 2 is 0.784 bits per heavy atom. The van der Waals surface area contributed by atoms with Crippen molar-refractivity contribution in [1.29, 1.82) is 0 Å². The Balaban J connectivity index is 1.48. The predicted octanol–water partition coefficient (Wildman–Crippen LogP) is 8.32. The van der Waals surface area contributed by atoms with Crippen molar-refractivity contribution in [1.82, 2.24) is 5.32 Å². The van der Waals surface area contributed by atoms with Gasteiger partial charge in [-0.05, 0) is 57.8 Å². The van der Waals surface area contributed by atoms with Crippen LogP contribution in [0, 0.1) is 0 Å². The number of hydrogen-bond acceptors (Lipinski definition) is 18. The van der Waals surface area contributed by atoms with Gasteiger partial charge < -0.3 is 89.9 Å². The molecule has 0 aromatic heterocycles. The molecule has 1 amide bonds. The summed E-state index contributed by atoms with van der Waals surface area (Å²) in [4.78, 5) is 13.3. The lowest BCUT2D eigenvalue weighted by atomic mass is 9.96. The highest BCUT2D eigenvalue weighted by atomic mass is 16.8. The number of carbonyl (C=O) groups is 1. The van der Waals surface area contributed by atoms with Crippen LogP contribution in [0.25, 0.3) is 0 Å². The highest BCUT2D eigenvalue weighted by molar-refractivity contribution is 5.76. The lowest BCUT2D eigenvalue weighted by Gasteiger charge is -2.48. The second kappa shape index (κ2) is 50.5. The minimum absolute atomic E-state index is 0.114. The van der Waals surface area contributed by atoms with E-state index in [1.807, 2.05) is 18.2 Å². The predicted molar refractivity (Wildman–Crippen MR) is 341 cm³/mol. The summed E-state index contributed by atoms with van der Waals surface area (Å²) in [6.07, 6.45) is 37.2. The molecule has 0 spiro atoms. The third-order valence-corrected chi connectivity index (χ3v) is 16.5. The smallest absolute Gasteiger partial charge is 0.220 e. The summed E-state index contributed by atoms with van der Waals surface area (Å²) in [5, 5.41) is 120. The first kappa shape index (κ1) is 79.2. The van der Waals surface area contributed by atoms with E-state index < -0.39 is 124 Å². The maximum absolute atomic E-state index is 13.3. The van der Waals surface area contributed by atoms with Gasteiger partial charge in [0.25, 0.3) is 0 Å². The number of amides is 1. The molecule has 3 aliphatic rings. The van der Waals surface area contributed by atoms with Crippen molar-refractivity contribution < 1.29 is 89.4 Å². The van der Waals surface area contributed by atoms with E-state index in [9.17, 15) is 61.0 Å². The molecule has 0 bridgehead atoms. The number of unbranched alkanes of at least 4 members (excludes halogenated alkanes) is 22. The molecule has 508 valence electrons. The van der Waals surface area contributed by atoms with E-state index in [4.69, 9.17) is 28.4 Å². The average molecular weight is 1250 g/mol. The third kappa shape index (κ3) is 32.5. The van der Waals surface area contributed by atoms with Crippen LogP contribution < -0.4 is 5.32 Å². The van der Waals surface area contributed by atoms with Crippen LogP contribution in [0.3, 0.4) is 0 Å². The van der Waals surface area contributed by atoms with Crippen LogP contribution in [0.2, 0.25) is 0 Å². The lowest BCUT2D eigenvalue weighted by molar-refractivity contribution is -0.379. The Kier molecular flexibility index (Phi) is 45.5.